The van der Waals surface area contributed by atoms with E-state index in [-0.39, 0.29) is 5.88 Å². The van der Waals surface area contributed by atoms with Crippen LogP contribution < -0.4 is 20.5 Å². The van der Waals surface area contributed by atoms with Gasteiger partial charge >= 0.3 is 0 Å². The van der Waals surface area contributed by atoms with Crippen LogP contribution in [0.1, 0.15) is 25.3 Å². The van der Waals surface area contributed by atoms with Gasteiger partial charge in [0, 0.05) is 5.69 Å². The summed E-state index contributed by atoms with van der Waals surface area (Å²) >= 11 is 0. The van der Waals surface area contributed by atoms with E-state index < -0.39 is 0 Å². The molecular weight excluding hydrogens is 340 g/mol. The summed E-state index contributed by atoms with van der Waals surface area (Å²) < 4.78 is 11.1. The summed E-state index contributed by atoms with van der Waals surface area (Å²) in [6.07, 6.45) is 4.88. The minimum atomic E-state index is 0.275. The number of aryl methyl sites for hydroxylation is 1. The molecule has 140 valence electrons. The maximum absolute atomic E-state index is 6.21. The van der Waals surface area contributed by atoms with E-state index in [1.807, 2.05) is 30.3 Å². The number of unbranched alkanes of at least 4 members (excludes halogenated alkanes) is 1. The lowest BCUT2D eigenvalue weighted by Crippen LogP contribution is -2.03. The van der Waals surface area contributed by atoms with Crippen LogP contribution in [0.2, 0.25) is 0 Å². The number of nitrogens with zero attached hydrogens (tertiary/aromatic N) is 2. The van der Waals surface area contributed by atoms with Crippen LogP contribution in [-0.2, 0) is 6.42 Å². The molecule has 6 heteroatoms. The first-order valence-electron chi connectivity index (χ1n) is 8.98. The molecule has 0 amide bonds. The van der Waals surface area contributed by atoms with Gasteiger partial charge in [0.05, 0.1) is 7.11 Å². The lowest BCUT2D eigenvalue weighted by atomic mass is 10.1. The molecule has 1 aromatic heterocycles. The molecule has 0 saturated carbocycles. The highest BCUT2D eigenvalue weighted by Crippen LogP contribution is 2.35. The fourth-order valence-electron chi connectivity index (χ4n) is 2.64. The fraction of sp³-hybridized carbons (Fsp3) is 0.238. The normalized spacial score (nSPS) is 10.4. The predicted molar refractivity (Wildman–Crippen MR) is 108 cm³/mol. The van der Waals surface area contributed by atoms with E-state index in [0.717, 1.165) is 12.1 Å². The Bertz CT molecular complexity index is 882. The smallest absolute Gasteiger partial charge is 0.248 e. The van der Waals surface area contributed by atoms with Gasteiger partial charge in [-0.1, -0.05) is 37.6 Å². The third-order valence-electron chi connectivity index (χ3n) is 4.16. The Labute approximate surface area is 159 Å². The highest BCUT2D eigenvalue weighted by molar-refractivity contribution is 5.72. The van der Waals surface area contributed by atoms with E-state index in [0.29, 0.717) is 23.0 Å². The second-order valence-corrected chi connectivity index (χ2v) is 6.12. The van der Waals surface area contributed by atoms with Gasteiger partial charge in [0.2, 0.25) is 5.88 Å². The van der Waals surface area contributed by atoms with Gasteiger partial charge in [-0.2, -0.15) is 4.98 Å². The lowest BCUT2D eigenvalue weighted by Gasteiger charge is -2.13. The number of hydrogen-bond donors (Lipinski definition) is 2. The van der Waals surface area contributed by atoms with Crippen molar-refractivity contribution in [1.29, 1.82) is 0 Å². The Morgan fingerprint density at radius 2 is 1.74 bits per heavy atom. The van der Waals surface area contributed by atoms with Gasteiger partial charge in [-0.15, -0.1) is 0 Å². The van der Waals surface area contributed by atoms with Gasteiger partial charge in [-0.25, -0.2) is 4.98 Å². The quantitative estimate of drug-likeness (QED) is 0.589. The van der Waals surface area contributed by atoms with Crippen LogP contribution in [0.5, 0.6) is 17.4 Å². The minimum absolute atomic E-state index is 0.275. The van der Waals surface area contributed by atoms with Crippen molar-refractivity contribution in [2.75, 3.05) is 18.2 Å². The van der Waals surface area contributed by atoms with E-state index in [1.54, 1.807) is 13.2 Å². The molecular formula is C21H24N4O2. The molecule has 1 heterocycles. The van der Waals surface area contributed by atoms with Crippen molar-refractivity contribution in [1.82, 2.24) is 9.97 Å². The molecule has 0 spiro atoms. The zero-order chi connectivity index (χ0) is 19.1. The number of nitrogens with one attached hydrogen (secondary N) is 1. The van der Waals surface area contributed by atoms with Crippen LogP contribution in [0.3, 0.4) is 0 Å². The van der Waals surface area contributed by atoms with Gasteiger partial charge in [-0.3, -0.25) is 0 Å². The number of nitrogens with two attached hydrogens (primary N) is 1. The highest BCUT2D eigenvalue weighted by atomic mass is 16.5. The highest BCUT2D eigenvalue weighted by Gasteiger charge is 2.13. The third-order valence-corrected chi connectivity index (χ3v) is 4.16. The Kier molecular flexibility index (Phi) is 6.10. The Morgan fingerprint density at radius 1 is 1.00 bits per heavy atom. The van der Waals surface area contributed by atoms with Crippen LogP contribution in [0, 0.1) is 0 Å². The standard InChI is InChI=1S/C21H24N4O2/c1-3-4-7-15-10-12-16(13-11-15)25-20-19(22)21(24-14-23-20)27-18-9-6-5-8-17(18)26-2/h5-6,8-14H,3-4,7,22H2,1-2H3,(H,23,24,25). The van der Waals surface area contributed by atoms with Gasteiger partial charge in [0.25, 0.3) is 0 Å². The number of hydrogen-bond acceptors (Lipinski definition) is 6. The molecule has 6 nitrogen and oxygen atoms in total. The van der Waals surface area contributed by atoms with Gasteiger partial charge in [-0.05, 0) is 42.7 Å². The Hall–Kier alpha value is -3.28. The number of rotatable bonds is 8. The van der Waals surface area contributed by atoms with Crippen LogP contribution in [0.4, 0.5) is 17.2 Å². The Morgan fingerprint density at radius 3 is 2.44 bits per heavy atom. The van der Waals surface area contributed by atoms with Gasteiger partial charge in [0.15, 0.2) is 17.3 Å². The minimum Gasteiger partial charge on any atom is -0.493 e. The average Bonchev–Trinajstić information content (AvgIpc) is 2.71. The number of anilines is 3. The number of aromatic nitrogens is 2. The molecule has 3 rings (SSSR count). The van der Waals surface area contributed by atoms with E-state index in [1.165, 1.54) is 24.7 Å². The summed E-state index contributed by atoms with van der Waals surface area (Å²) in [6, 6.07) is 15.6. The van der Waals surface area contributed by atoms with Crippen LogP contribution >= 0.6 is 0 Å². The average molecular weight is 364 g/mol. The maximum atomic E-state index is 6.21. The molecule has 0 unspecified atom stereocenters. The molecule has 3 N–H and O–H groups in total. The summed E-state index contributed by atoms with van der Waals surface area (Å²) in [4.78, 5) is 8.38. The van der Waals surface area contributed by atoms with Crippen molar-refractivity contribution >= 4 is 17.2 Å². The van der Waals surface area contributed by atoms with Crippen molar-refractivity contribution < 1.29 is 9.47 Å². The number of ether oxygens (including phenoxy) is 2. The summed E-state index contributed by atoms with van der Waals surface area (Å²) in [5.74, 6) is 1.91. The monoisotopic (exact) mass is 364 g/mol. The van der Waals surface area contributed by atoms with E-state index in [4.69, 9.17) is 15.2 Å². The second kappa shape index (κ2) is 8.89. The van der Waals surface area contributed by atoms with E-state index in [2.05, 4.69) is 34.3 Å². The molecule has 2 aromatic carbocycles. The molecule has 0 aliphatic heterocycles. The van der Waals surface area contributed by atoms with E-state index in [9.17, 15) is 0 Å². The van der Waals surface area contributed by atoms with Crippen molar-refractivity contribution in [2.45, 2.75) is 26.2 Å². The van der Waals surface area contributed by atoms with Crippen LogP contribution in [0.25, 0.3) is 0 Å². The van der Waals surface area contributed by atoms with Crippen molar-refractivity contribution in [2.24, 2.45) is 0 Å². The van der Waals surface area contributed by atoms with Crippen molar-refractivity contribution in [3.05, 3.63) is 60.4 Å². The second-order valence-electron chi connectivity index (χ2n) is 6.12. The molecule has 0 fully saturated rings. The zero-order valence-electron chi connectivity index (χ0n) is 15.6. The molecule has 0 aliphatic carbocycles. The van der Waals surface area contributed by atoms with E-state index >= 15 is 0 Å². The first-order valence-corrected chi connectivity index (χ1v) is 8.98. The van der Waals surface area contributed by atoms with Crippen molar-refractivity contribution in [3.63, 3.8) is 0 Å². The van der Waals surface area contributed by atoms with Crippen molar-refractivity contribution in [3.8, 4) is 17.4 Å². The lowest BCUT2D eigenvalue weighted by molar-refractivity contribution is 0.374. The summed E-state index contributed by atoms with van der Waals surface area (Å²) in [7, 11) is 1.59. The first-order chi connectivity index (χ1) is 13.2. The summed E-state index contributed by atoms with van der Waals surface area (Å²) in [6.45, 7) is 2.19. The maximum Gasteiger partial charge on any atom is 0.248 e. The molecule has 0 radical (unpaired) electrons. The Balaban J connectivity index is 1.76. The molecule has 27 heavy (non-hydrogen) atoms. The number of nitrogen functional groups attached to an aromatic ring is 1. The largest absolute Gasteiger partial charge is 0.493 e. The first kappa shape index (κ1) is 18.5. The molecule has 0 bridgehead atoms. The fourth-order valence-corrected chi connectivity index (χ4v) is 2.64. The zero-order valence-corrected chi connectivity index (χ0v) is 15.6. The summed E-state index contributed by atoms with van der Waals surface area (Å²) in [5.41, 5.74) is 8.77. The summed E-state index contributed by atoms with van der Waals surface area (Å²) in [5, 5.41) is 3.22. The number of para-hydroxylation sites is 2. The SMILES string of the molecule is CCCCc1ccc(Nc2ncnc(Oc3ccccc3OC)c2N)cc1. The number of methoxy groups -OCH3 is 1. The molecule has 0 saturated heterocycles. The van der Waals surface area contributed by atoms with Gasteiger partial charge < -0.3 is 20.5 Å². The van der Waals surface area contributed by atoms with Crippen LogP contribution in [-0.4, -0.2) is 17.1 Å². The topological polar surface area (TPSA) is 82.3 Å². The molecule has 0 atom stereocenters. The molecule has 0 aliphatic rings. The molecule has 3 aromatic rings. The predicted octanol–water partition coefficient (Wildman–Crippen LogP) is 4.95. The van der Waals surface area contributed by atoms with Crippen LogP contribution in [0.15, 0.2) is 54.9 Å². The van der Waals surface area contributed by atoms with Gasteiger partial charge in [0.1, 0.15) is 12.0 Å². The number of benzene rings is 2. The third kappa shape index (κ3) is 4.67.